The number of rotatable bonds is 10. The SMILES string of the molecule is Cc1ccc(NC(=O)c2cccc(C(F)(F)F)c2)cc1NC(=O)c1ccc2nc(NCCCCN(C)C)sc2c1. The summed E-state index contributed by atoms with van der Waals surface area (Å²) in [6.07, 6.45) is -2.44. The maximum absolute atomic E-state index is 13.1. The number of hydrogen-bond donors (Lipinski definition) is 3. The van der Waals surface area contributed by atoms with Crippen molar-refractivity contribution in [1.29, 1.82) is 0 Å². The van der Waals surface area contributed by atoms with Gasteiger partial charge in [-0.1, -0.05) is 23.5 Å². The van der Waals surface area contributed by atoms with Gasteiger partial charge in [0.2, 0.25) is 0 Å². The molecule has 0 aliphatic heterocycles. The van der Waals surface area contributed by atoms with Gasteiger partial charge in [-0.15, -0.1) is 0 Å². The van der Waals surface area contributed by atoms with Gasteiger partial charge in [0.15, 0.2) is 5.13 Å². The second kappa shape index (κ2) is 12.5. The number of amides is 2. The van der Waals surface area contributed by atoms with E-state index >= 15 is 0 Å². The Labute approximate surface area is 234 Å². The van der Waals surface area contributed by atoms with E-state index in [2.05, 4.69) is 39.9 Å². The quantitative estimate of drug-likeness (QED) is 0.181. The Morgan fingerprint density at radius 1 is 0.925 bits per heavy atom. The Hall–Kier alpha value is -3.96. The molecule has 7 nitrogen and oxygen atoms in total. The minimum atomic E-state index is -4.55. The fourth-order valence-corrected chi connectivity index (χ4v) is 4.89. The fraction of sp³-hybridized carbons (Fsp3) is 0.276. The number of fused-ring (bicyclic) bond motifs is 1. The molecule has 210 valence electrons. The fourth-order valence-electron chi connectivity index (χ4n) is 3.96. The number of benzene rings is 3. The van der Waals surface area contributed by atoms with Crippen molar-refractivity contribution in [3.8, 4) is 0 Å². The molecular weight excluding hydrogens is 539 g/mol. The smallest absolute Gasteiger partial charge is 0.361 e. The van der Waals surface area contributed by atoms with Crippen LogP contribution >= 0.6 is 11.3 Å². The Bertz CT molecular complexity index is 1520. The highest BCUT2D eigenvalue weighted by Crippen LogP contribution is 2.30. The Balaban J connectivity index is 1.41. The highest BCUT2D eigenvalue weighted by molar-refractivity contribution is 7.22. The van der Waals surface area contributed by atoms with Crippen LogP contribution in [0.4, 0.5) is 29.7 Å². The molecular formula is C29H30F3N5O2S. The molecule has 4 aromatic rings. The summed E-state index contributed by atoms with van der Waals surface area (Å²) in [6, 6.07) is 14.4. The molecule has 40 heavy (non-hydrogen) atoms. The maximum atomic E-state index is 13.1. The molecule has 4 rings (SSSR count). The van der Waals surface area contributed by atoms with Crippen LogP contribution < -0.4 is 16.0 Å². The average molecular weight is 570 g/mol. The summed E-state index contributed by atoms with van der Waals surface area (Å²) in [5, 5.41) is 9.61. The van der Waals surface area contributed by atoms with Crippen LogP contribution in [0.15, 0.2) is 60.7 Å². The number of alkyl halides is 3. The third-order valence-electron chi connectivity index (χ3n) is 6.15. The summed E-state index contributed by atoms with van der Waals surface area (Å²) >= 11 is 1.48. The molecule has 0 saturated carbocycles. The van der Waals surface area contributed by atoms with E-state index < -0.39 is 17.6 Å². The van der Waals surface area contributed by atoms with Gasteiger partial charge in [-0.2, -0.15) is 13.2 Å². The predicted octanol–water partition coefficient (Wildman–Crippen LogP) is 6.88. The lowest BCUT2D eigenvalue weighted by molar-refractivity contribution is -0.137. The highest BCUT2D eigenvalue weighted by Gasteiger charge is 2.31. The number of aromatic nitrogens is 1. The first-order chi connectivity index (χ1) is 19.0. The number of hydrogen-bond acceptors (Lipinski definition) is 6. The van der Waals surface area contributed by atoms with Crippen LogP contribution in [-0.2, 0) is 6.18 Å². The average Bonchev–Trinajstić information content (AvgIpc) is 3.32. The van der Waals surface area contributed by atoms with E-state index in [0.717, 1.165) is 59.0 Å². The van der Waals surface area contributed by atoms with E-state index in [-0.39, 0.29) is 11.5 Å². The number of nitrogens with one attached hydrogen (secondary N) is 3. The number of carbonyl (C=O) groups excluding carboxylic acids is 2. The Morgan fingerprint density at radius 2 is 1.68 bits per heavy atom. The van der Waals surface area contributed by atoms with Gasteiger partial charge in [0.25, 0.3) is 11.8 Å². The number of aryl methyl sites for hydroxylation is 1. The van der Waals surface area contributed by atoms with Gasteiger partial charge < -0.3 is 20.9 Å². The zero-order chi connectivity index (χ0) is 28.9. The maximum Gasteiger partial charge on any atom is 0.416 e. The van der Waals surface area contributed by atoms with Gasteiger partial charge in [-0.25, -0.2) is 4.98 Å². The third kappa shape index (κ3) is 7.57. The van der Waals surface area contributed by atoms with Crippen molar-refractivity contribution in [3.05, 3.63) is 82.9 Å². The van der Waals surface area contributed by atoms with E-state index in [0.29, 0.717) is 16.9 Å². The summed E-state index contributed by atoms with van der Waals surface area (Å²) < 4.78 is 39.9. The largest absolute Gasteiger partial charge is 0.416 e. The van der Waals surface area contributed by atoms with Gasteiger partial charge in [0.1, 0.15) is 0 Å². The van der Waals surface area contributed by atoms with Crippen LogP contribution in [0.2, 0.25) is 0 Å². The minimum Gasteiger partial charge on any atom is -0.361 e. The van der Waals surface area contributed by atoms with Gasteiger partial charge in [0, 0.05) is 29.0 Å². The lowest BCUT2D eigenvalue weighted by atomic mass is 10.1. The molecule has 3 aromatic carbocycles. The number of unbranched alkanes of at least 4 members (excludes halogenated alkanes) is 1. The van der Waals surface area contributed by atoms with Crippen molar-refractivity contribution in [3.63, 3.8) is 0 Å². The van der Waals surface area contributed by atoms with Crippen molar-refractivity contribution >= 4 is 49.9 Å². The summed E-state index contributed by atoms with van der Waals surface area (Å²) in [6.45, 7) is 3.66. The molecule has 0 radical (unpaired) electrons. The van der Waals surface area contributed by atoms with Gasteiger partial charge in [0.05, 0.1) is 15.8 Å². The van der Waals surface area contributed by atoms with Crippen molar-refractivity contribution in [1.82, 2.24) is 9.88 Å². The molecule has 0 unspecified atom stereocenters. The van der Waals surface area contributed by atoms with Gasteiger partial charge in [-0.3, -0.25) is 9.59 Å². The topological polar surface area (TPSA) is 86.4 Å². The third-order valence-corrected chi connectivity index (χ3v) is 7.13. The molecule has 0 spiro atoms. The number of carbonyl (C=O) groups is 2. The van der Waals surface area contributed by atoms with E-state index in [1.165, 1.54) is 23.5 Å². The van der Waals surface area contributed by atoms with Gasteiger partial charge >= 0.3 is 6.18 Å². The molecule has 1 heterocycles. The van der Waals surface area contributed by atoms with Crippen LogP contribution in [0.25, 0.3) is 10.2 Å². The summed E-state index contributed by atoms with van der Waals surface area (Å²) in [7, 11) is 4.10. The van der Waals surface area contributed by atoms with Crippen LogP contribution in [-0.4, -0.2) is 48.9 Å². The van der Waals surface area contributed by atoms with Crippen LogP contribution in [0.5, 0.6) is 0 Å². The summed E-state index contributed by atoms with van der Waals surface area (Å²) in [5.41, 5.74) is 1.78. The van der Waals surface area contributed by atoms with Crippen LogP contribution in [0.1, 0.15) is 44.7 Å². The van der Waals surface area contributed by atoms with E-state index in [4.69, 9.17) is 0 Å². The standard InChI is InChI=1S/C29H30F3N5O2S/c1-18-9-11-22(34-26(38)19-7-6-8-21(15-19)29(30,31)32)17-24(18)35-27(39)20-10-12-23-25(16-20)40-28(36-23)33-13-4-5-14-37(2)3/h6-12,15-17H,4-5,13-14H2,1-3H3,(H,33,36)(H,34,38)(H,35,39). The number of halogens is 3. The van der Waals surface area contributed by atoms with Crippen molar-refractivity contribution in [2.75, 3.05) is 43.1 Å². The second-order valence-electron chi connectivity index (χ2n) is 9.66. The van der Waals surface area contributed by atoms with Crippen LogP contribution in [0.3, 0.4) is 0 Å². The molecule has 11 heteroatoms. The Morgan fingerprint density at radius 3 is 2.42 bits per heavy atom. The van der Waals surface area contributed by atoms with E-state index in [1.807, 2.05) is 0 Å². The number of anilines is 3. The molecule has 0 aliphatic carbocycles. The first-order valence-corrected chi connectivity index (χ1v) is 13.5. The van der Waals surface area contributed by atoms with Crippen molar-refractivity contribution in [2.45, 2.75) is 25.9 Å². The second-order valence-corrected chi connectivity index (χ2v) is 10.7. The number of thiazole rings is 1. The monoisotopic (exact) mass is 569 g/mol. The van der Waals surface area contributed by atoms with Gasteiger partial charge in [-0.05, 0) is 94.5 Å². The first kappa shape index (κ1) is 29.0. The highest BCUT2D eigenvalue weighted by atomic mass is 32.1. The lowest BCUT2D eigenvalue weighted by Gasteiger charge is -2.13. The molecule has 1 aromatic heterocycles. The lowest BCUT2D eigenvalue weighted by Crippen LogP contribution is -2.15. The molecule has 0 atom stereocenters. The normalized spacial score (nSPS) is 11.6. The molecule has 0 saturated heterocycles. The van der Waals surface area contributed by atoms with E-state index in [9.17, 15) is 22.8 Å². The molecule has 3 N–H and O–H groups in total. The predicted molar refractivity (Wildman–Crippen MR) is 154 cm³/mol. The molecule has 0 fully saturated rings. The minimum absolute atomic E-state index is 0.124. The summed E-state index contributed by atoms with van der Waals surface area (Å²) in [5.74, 6) is -1.03. The zero-order valence-corrected chi connectivity index (χ0v) is 23.2. The first-order valence-electron chi connectivity index (χ1n) is 12.7. The Kier molecular flexibility index (Phi) is 9.06. The summed E-state index contributed by atoms with van der Waals surface area (Å²) in [4.78, 5) is 32.4. The molecule has 0 bridgehead atoms. The van der Waals surface area contributed by atoms with Crippen molar-refractivity contribution in [2.24, 2.45) is 0 Å². The van der Waals surface area contributed by atoms with E-state index in [1.54, 1.807) is 43.3 Å². The molecule has 0 aliphatic rings. The number of nitrogens with zero attached hydrogens (tertiary/aromatic N) is 2. The van der Waals surface area contributed by atoms with Crippen molar-refractivity contribution < 1.29 is 22.8 Å². The zero-order valence-electron chi connectivity index (χ0n) is 22.4. The van der Waals surface area contributed by atoms with Crippen LogP contribution in [0, 0.1) is 6.92 Å². The molecule has 2 amide bonds.